The number of halogens is 4. The first-order valence-electron chi connectivity index (χ1n) is 8.21. The summed E-state index contributed by atoms with van der Waals surface area (Å²) < 4.78 is 54.6. The summed E-state index contributed by atoms with van der Waals surface area (Å²) in [6, 6.07) is 5.21. The molecule has 0 spiro atoms. The number of benzene rings is 1. The van der Waals surface area contributed by atoms with Gasteiger partial charge in [-0.15, -0.1) is 0 Å². The monoisotopic (exact) mass is 402 g/mol. The van der Waals surface area contributed by atoms with Crippen LogP contribution in [0, 0.1) is 11.8 Å². The Balaban J connectivity index is 2.07. The summed E-state index contributed by atoms with van der Waals surface area (Å²) in [4.78, 5) is 35.4. The number of ether oxygens (including phenoxy) is 1. The van der Waals surface area contributed by atoms with E-state index >= 15 is 0 Å². The van der Waals surface area contributed by atoms with Crippen LogP contribution in [0.15, 0.2) is 36.4 Å². The number of allylic oxidation sites excluding steroid dienone is 2. The summed E-state index contributed by atoms with van der Waals surface area (Å²) in [6.07, 6.45) is -0.716. The summed E-state index contributed by atoms with van der Waals surface area (Å²) in [5.41, 5.74) is -0.0378. The number of hydrogen-bond acceptors (Lipinski definition) is 5. The van der Waals surface area contributed by atoms with Gasteiger partial charge in [-0.2, -0.15) is 8.78 Å². The lowest BCUT2D eigenvalue weighted by molar-refractivity contribution is -0.255. The van der Waals surface area contributed by atoms with Crippen molar-refractivity contribution < 1.29 is 41.8 Å². The molecule has 0 heterocycles. The minimum Gasteiger partial charge on any atom is -0.545 e. The Hall–Kier alpha value is -2.91. The van der Waals surface area contributed by atoms with E-state index in [1.165, 1.54) is 18.2 Å². The molecule has 0 radical (unpaired) electrons. The molecule has 6 nitrogen and oxygen atoms in total. The standard InChI is InChI=1S/C18H17F4NO5/c19-17(20)18(21,22)9-28-16(27)13-7-2-1-6-12(13)14(24)23-11-5-3-4-10(8-11)15(25)26/h1-5,8,12-13,17H,6-7,9H2,(H,23,24)(H,25,26)/p-1/t12-,13+/m1/s1. The van der Waals surface area contributed by atoms with Crippen molar-refractivity contribution in [1.29, 1.82) is 0 Å². The van der Waals surface area contributed by atoms with E-state index in [9.17, 15) is 37.1 Å². The van der Waals surface area contributed by atoms with Crippen molar-refractivity contribution >= 4 is 23.5 Å². The van der Waals surface area contributed by atoms with Crippen LogP contribution in [0.1, 0.15) is 23.2 Å². The average Bonchev–Trinajstić information content (AvgIpc) is 2.66. The van der Waals surface area contributed by atoms with Gasteiger partial charge in [-0.3, -0.25) is 9.59 Å². The fourth-order valence-corrected chi connectivity index (χ4v) is 2.66. The second-order valence-corrected chi connectivity index (χ2v) is 6.18. The molecule has 0 saturated carbocycles. The summed E-state index contributed by atoms with van der Waals surface area (Å²) in [5.74, 6) is -9.91. The number of carbonyl (C=O) groups excluding carboxylic acids is 3. The van der Waals surface area contributed by atoms with Crippen LogP contribution >= 0.6 is 0 Å². The predicted molar refractivity (Wildman–Crippen MR) is 86.7 cm³/mol. The number of anilines is 1. The number of amides is 1. The van der Waals surface area contributed by atoms with Crippen molar-refractivity contribution in [3.05, 3.63) is 42.0 Å². The maximum absolute atomic E-state index is 12.9. The molecule has 1 N–H and O–H groups in total. The van der Waals surface area contributed by atoms with Gasteiger partial charge in [0, 0.05) is 5.69 Å². The van der Waals surface area contributed by atoms with Crippen LogP contribution < -0.4 is 10.4 Å². The predicted octanol–water partition coefficient (Wildman–Crippen LogP) is 2.01. The van der Waals surface area contributed by atoms with Gasteiger partial charge in [-0.25, -0.2) is 8.78 Å². The van der Waals surface area contributed by atoms with Gasteiger partial charge in [0.05, 0.1) is 17.8 Å². The molecular weight excluding hydrogens is 386 g/mol. The van der Waals surface area contributed by atoms with Crippen LogP contribution in [0.25, 0.3) is 0 Å². The number of hydrogen-bond donors (Lipinski definition) is 1. The van der Waals surface area contributed by atoms with Gasteiger partial charge in [0.15, 0.2) is 6.61 Å². The van der Waals surface area contributed by atoms with Crippen molar-refractivity contribution in [2.75, 3.05) is 11.9 Å². The minimum absolute atomic E-state index is 0.0102. The van der Waals surface area contributed by atoms with Gasteiger partial charge in [0.25, 0.3) is 0 Å². The lowest BCUT2D eigenvalue weighted by atomic mass is 9.82. The van der Waals surface area contributed by atoms with Crippen molar-refractivity contribution in [2.24, 2.45) is 11.8 Å². The third-order valence-electron chi connectivity index (χ3n) is 4.16. The van der Waals surface area contributed by atoms with E-state index < -0.39 is 48.6 Å². The van der Waals surface area contributed by atoms with Gasteiger partial charge in [0.2, 0.25) is 5.91 Å². The number of carbonyl (C=O) groups is 3. The van der Waals surface area contributed by atoms with E-state index in [0.29, 0.717) is 0 Å². The molecule has 152 valence electrons. The molecule has 0 saturated heterocycles. The molecule has 0 bridgehead atoms. The lowest BCUT2D eigenvalue weighted by Gasteiger charge is -2.26. The van der Waals surface area contributed by atoms with E-state index in [1.807, 2.05) is 0 Å². The van der Waals surface area contributed by atoms with E-state index in [1.54, 1.807) is 12.2 Å². The number of aromatic carboxylic acids is 1. The van der Waals surface area contributed by atoms with Crippen LogP contribution in [0.2, 0.25) is 0 Å². The third kappa shape index (κ3) is 5.30. The fraction of sp³-hybridized carbons (Fsp3) is 0.389. The van der Waals surface area contributed by atoms with Crippen molar-refractivity contribution in [1.82, 2.24) is 0 Å². The van der Waals surface area contributed by atoms with E-state index in [0.717, 1.165) is 6.07 Å². The quantitative estimate of drug-likeness (QED) is 0.428. The van der Waals surface area contributed by atoms with Crippen LogP contribution in [-0.2, 0) is 14.3 Å². The van der Waals surface area contributed by atoms with E-state index in [-0.39, 0.29) is 24.1 Å². The molecule has 2 rings (SSSR count). The number of esters is 1. The van der Waals surface area contributed by atoms with Gasteiger partial charge in [-0.1, -0.05) is 24.3 Å². The molecule has 0 fully saturated rings. The second kappa shape index (κ2) is 8.85. The van der Waals surface area contributed by atoms with Gasteiger partial charge in [0.1, 0.15) is 0 Å². The zero-order valence-electron chi connectivity index (χ0n) is 14.4. The summed E-state index contributed by atoms with van der Waals surface area (Å²) in [7, 11) is 0. The molecule has 0 aromatic heterocycles. The molecule has 0 unspecified atom stereocenters. The summed E-state index contributed by atoms with van der Waals surface area (Å²) in [5, 5.41) is 13.3. The highest BCUT2D eigenvalue weighted by Gasteiger charge is 2.43. The number of rotatable bonds is 7. The average molecular weight is 402 g/mol. The zero-order valence-corrected chi connectivity index (χ0v) is 14.4. The Kier molecular flexibility index (Phi) is 6.76. The normalized spacial score (nSPS) is 19.3. The van der Waals surface area contributed by atoms with Crippen LogP contribution in [0.5, 0.6) is 0 Å². The van der Waals surface area contributed by atoms with Gasteiger partial charge >= 0.3 is 18.3 Å². The molecule has 2 atom stereocenters. The Morgan fingerprint density at radius 1 is 1.18 bits per heavy atom. The topological polar surface area (TPSA) is 95.5 Å². The molecular formula is C18H16F4NO5-. The Bertz CT molecular complexity index is 781. The first kappa shape index (κ1) is 21.4. The van der Waals surface area contributed by atoms with Crippen molar-refractivity contribution in [2.45, 2.75) is 25.2 Å². The van der Waals surface area contributed by atoms with E-state index in [4.69, 9.17) is 0 Å². The van der Waals surface area contributed by atoms with E-state index in [2.05, 4.69) is 10.1 Å². The highest BCUT2D eigenvalue weighted by Crippen LogP contribution is 2.30. The number of carboxylic acids is 1. The molecule has 28 heavy (non-hydrogen) atoms. The third-order valence-corrected chi connectivity index (χ3v) is 4.16. The van der Waals surface area contributed by atoms with Crippen molar-refractivity contribution in [3.8, 4) is 0 Å². The molecule has 10 heteroatoms. The zero-order chi connectivity index (χ0) is 20.9. The van der Waals surface area contributed by atoms with Gasteiger partial charge < -0.3 is 20.0 Å². The highest BCUT2D eigenvalue weighted by atomic mass is 19.3. The van der Waals surface area contributed by atoms with Crippen LogP contribution in [-0.4, -0.2) is 36.8 Å². The largest absolute Gasteiger partial charge is 0.545 e. The smallest absolute Gasteiger partial charge is 0.340 e. The molecule has 0 aliphatic heterocycles. The molecule has 1 amide bonds. The first-order valence-corrected chi connectivity index (χ1v) is 8.21. The lowest BCUT2D eigenvalue weighted by Crippen LogP contribution is -2.39. The van der Waals surface area contributed by atoms with Gasteiger partial charge in [-0.05, 0) is 30.5 Å². The molecule has 1 aromatic carbocycles. The Labute approximate surface area is 157 Å². The maximum Gasteiger partial charge on any atom is 0.340 e. The number of alkyl halides is 4. The SMILES string of the molecule is O=C([O-])c1cccc(NC(=O)[C@@H]2CC=CC[C@@H]2C(=O)OCC(F)(F)C(F)F)c1. The highest BCUT2D eigenvalue weighted by molar-refractivity contribution is 5.97. The fourth-order valence-electron chi connectivity index (χ4n) is 2.66. The number of carboxylic acid groups (broad SMARTS) is 1. The molecule has 1 aliphatic rings. The maximum atomic E-state index is 12.9. The Morgan fingerprint density at radius 3 is 2.43 bits per heavy atom. The minimum atomic E-state index is -4.48. The Morgan fingerprint density at radius 2 is 1.82 bits per heavy atom. The molecule has 1 aliphatic carbocycles. The van der Waals surface area contributed by atoms with Crippen LogP contribution in [0.4, 0.5) is 23.2 Å². The molecule has 1 aromatic rings. The summed E-state index contributed by atoms with van der Waals surface area (Å²) in [6.45, 7) is -1.79. The number of nitrogens with one attached hydrogen (secondary N) is 1. The summed E-state index contributed by atoms with van der Waals surface area (Å²) >= 11 is 0. The first-order chi connectivity index (χ1) is 13.1. The van der Waals surface area contributed by atoms with Crippen molar-refractivity contribution in [3.63, 3.8) is 0 Å². The van der Waals surface area contributed by atoms with Crippen LogP contribution in [0.3, 0.4) is 0 Å². The second-order valence-electron chi connectivity index (χ2n) is 6.18.